The van der Waals surface area contributed by atoms with Crippen LogP contribution in [0.5, 0.6) is 0 Å². The molecule has 0 atom stereocenters. The average molecular weight is 254 g/mol. The molecule has 1 aromatic heterocycles. The van der Waals surface area contributed by atoms with Crippen molar-refractivity contribution in [2.75, 3.05) is 31.2 Å². The maximum absolute atomic E-state index is 6.17. The van der Waals surface area contributed by atoms with E-state index in [0.29, 0.717) is 25.1 Å². The van der Waals surface area contributed by atoms with E-state index in [9.17, 15) is 0 Å². The highest BCUT2D eigenvalue weighted by atomic mass is 16.5. The molecular formula is C12H22N4O2. The number of hydrogen-bond acceptors (Lipinski definition) is 6. The van der Waals surface area contributed by atoms with Gasteiger partial charge in [-0.15, -0.1) is 0 Å². The van der Waals surface area contributed by atoms with Gasteiger partial charge in [-0.3, -0.25) is 0 Å². The van der Waals surface area contributed by atoms with Crippen LogP contribution in [0.3, 0.4) is 0 Å². The summed E-state index contributed by atoms with van der Waals surface area (Å²) in [5.74, 6) is 1.21. The normalized spacial score (nSPS) is 18.2. The predicted octanol–water partition coefficient (Wildman–Crippen LogP) is 0.921. The Balaban J connectivity index is 2.19. The third-order valence-electron chi connectivity index (χ3n) is 3.85. The average Bonchev–Trinajstić information content (AvgIpc) is 2.78. The molecule has 0 bridgehead atoms. The zero-order valence-electron chi connectivity index (χ0n) is 11.6. The molecular weight excluding hydrogens is 232 g/mol. The smallest absolute Gasteiger partial charge is 0.266 e. The van der Waals surface area contributed by atoms with E-state index in [-0.39, 0.29) is 5.41 Å². The van der Waals surface area contributed by atoms with Crippen LogP contribution in [0.15, 0.2) is 4.52 Å². The second-order valence-electron chi connectivity index (χ2n) is 5.85. The van der Waals surface area contributed by atoms with Gasteiger partial charge in [0.15, 0.2) is 0 Å². The molecule has 6 nitrogen and oxygen atoms in total. The van der Waals surface area contributed by atoms with Crippen LogP contribution in [0.25, 0.3) is 0 Å². The second kappa shape index (κ2) is 4.51. The molecule has 0 aliphatic carbocycles. The number of nitrogens with zero attached hydrogens (tertiary/aromatic N) is 3. The summed E-state index contributed by atoms with van der Waals surface area (Å²) in [5, 5.41) is 4.05. The number of rotatable bonds is 3. The van der Waals surface area contributed by atoms with Gasteiger partial charge in [-0.05, 0) is 32.9 Å². The minimum atomic E-state index is -0.429. The molecule has 2 N–H and O–H groups in total. The standard InChI is InChI=1S/C12H22N4O2/c1-11(2,12(3,4)13)9-14-10(15-18-9)16-5-7-17-8-6-16/h5-8,13H2,1-4H3. The van der Waals surface area contributed by atoms with Crippen molar-refractivity contribution in [1.29, 1.82) is 0 Å². The van der Waals surface area contributed by atoms with Gasteiger partial charge in [0.2, 0.25) is 5.89 Å². The van der Waals surface area contributed by atoms with Crippen molar-refractivity contribution >= 4 is 5.95 Å². The summed E-state index contributed by atoms with van der Waals surface area (Å²) in [5.41, 5.74) is 5.37. The fourth-order valence-electron chi connectivity index (χ4n) is 1.64. The molecule has 1 aliphatic heterocycles. The number of anilines is 1. The second-order valence-corrected chi connectivity index (χ2v) is 5.85. The fraction of sp³-hybridized carbons (Fsp3) is 0.833. The minimum Gasteiger partial charge on any atom is -0.378 e. The van der Waals surface area contributed by atoms with Crippen molar-refractivity contribution in [2.24, 2.45) is 5.73 Å². The van der Waals surface area contributed by atoms with Gasteiger partial charge in [-0.1, -0.05) is 0 Å². The molecule has 1 aromatic rings. The molecule has 0 aromatic carbocycles. The Morgan fingerprint density at radius 2 is 1.78 bits per heavy atom. The highest BCUT2D eigenvalue weighted by molar-refractivity contribution is 5.29. The summed E-state index contributed by atoms with van der Waals surface area (Å²) >= 11 is 0. The van der Waals surface area contributed by atoms with E-state index < -0.39 is 5.54 Å². The molecule has 18 heavy (non-hydrogen) atoms. The first-order chi connectivity index (χ1) is 8.32. The zero-order chi connectivity index (χ0) is 13.4. The van der Waals surface area contributed by atoms with Crippen molar-refractivity contribution in [2.45, 2.75) is 38.6 Å². The third-order valence-corrected chi connectivity index (χ3v) is 3.85. The number of aromatic nitrogens is 2. The quantitative estimate of drug-likeness (QED) is 0.864. The van der Waals surface area contributed by atoms with E-state index in [2.05, 4.69) is 15.0 Å². The molecule has 0 saturated carbocycles. The predicted molar refractivity (Wildman–Crippen MR) is 68.6 cm³/mol. The summed E-state index contributed by atoms with van der Waals surface area (Å²) in [4.78, 5) is 6.55. The zero-order valence-corrected chi connectivity index (χ0v) is 11.6. The molecule has 0 unspecified atom stereocenters. The minimum absolute atomic E-state index is 0.370. The van der Waals surface area contributed by atoms with Gasteiger partial charge < -0.3 is 19.9 Å². The van der Waals surface area contributed by atoms with Gasteiger partial charge in [-0.2, -0.15) is 4.98 Å². The lowest BCUT2D eigenvalue weighted by atomic mass is 9.75. The number of morpholine rings is 1. The van der Waals surface area contributed by atoms with Crippen LogP contribution in [0.4, 0.5) is 5.95 Å². The lowest BCUT2D eigenvalue weighted by Gasteiger charge is -2.34. The Hall–Kier alpha value is -1.14. The maximum atomic E-state index is 6.17. The van der Waals surface area contributed by atoms with Crippen molar-refractivity contribution in [3.63, 3.8) is 0 Å². The topological polar surface area (TPSA) is 77.4 Å². The van der Waals surface area contributed by atoms with Gasteiger partial charge in [0.05, 0.1) is 18.6 Å². The molecule has 1 aliphatic rings. The Labute approximate surface area is 107 Å². The summed E-state index contributed by atoms with van der Waals surface area (Å²) in [6, 6.07) is 0. The Kier molecular flexibility index (Phi) is 3.33. The first-order valence-corrected chi connectivity index (χ1v) is 6.28. The summed E-state index contributed by atoms with van der Waals surface area (Å²) < 4.78 is 10.7. The first kappa shape index (κ1) is 13.3. The van der Waals surface area contributed by atoms with Crippen LogP contribution < -0.4 is 10.6 Å². The van der Waals surface area contributed by atoms with Crippen LogP contribution >= 0.6 is 0 Å². The van der Waals surface area contributed by atoms with Gasteiger partial charge in [0.1, 0.15) is 0 Å². The highest BCUT2D eigenvalue weighted by Crippen LogP contribution is 2.32. The van der Waals surface area contributed by atoms with Crippen molar-refractivity contribution in [3.8, 4) is 0 Å². The SMILES string of the molecule is CC(C)(N)C(C)(C)c1nc(N2CCOCC2)no1. The highest BCUT2D eigenvalue weighted by Gasteiger charge is 2.40. The number of ether oxygens (including phenoxy) is 1. The molecule has 2 heterocycles. The van der Waals surface area contributed by atoms with Crippen LogP contribution in [-0.2, 0) is 10.2 Å². The lowest BCUT2D eigenvalue weighted by Crippen LogP contribution is -2.50. The molecule has 1 fully saturated rings. The molecule has 102 valence electrons. The van der Waals surface area contributed by atoms with E-state index in [1.54, 1.807) is 0 Å². The molecule has 0 spiro atoms. The van der Waals surface area contributed by atoms with E-state index >= 15 is 0 Å². The maximum Gasteiger partial charge on any atom is 0.266 e. The van der Waals surface area contributed by atoms with Gasteiger partial charge >= 0.3 is 0 Å². The third kappa shape index (κ3) is 2.35. The van der Waals surface area contributed by atoms with Crippen molar-refractivity contribution in [1.82, 2.24) is 10.1 Å². The molecule has 6 heteroatoms. The van der Waals surface area contributed by atoms with E-state index in [4.69, 9.17) is 15.0 Å². The monoisotopic (exact) mass is 254 g/mol. The van der Waals surface area contributed by atoms with Crippen LogP contribution in [0.2, 0.25) is 0 Å². The van der Waals surface area contributed by atoms with E-state index in [0.717, 1.165) is 13.1 Å². The lowest BCUT2D eigenvalue weighted by molar-refractivity contribution is 0.121. The van der Waals surface area contributed by atoms with Crippen LogP contribution in [-0.4, -0.2) is 42.0 Å². The molecule has 2 rings (SSSR count). The molecule has 0 amide bonds. The summed E-state index contributed by atoms with van der Waals surface area (Å²) in [7, 11) is 0. The largest absolute Gasteiger partial charge is 0.378 e. The van der Waals surface area contributed by atoms with Crippen LogP contribution in [0.1, 0.15) is 33.6 Å². The van der Waals surface area contributed by atoms with Crippen LogP contribution in [0, 0.1) is 0 Å². The Morgan fingerprint density at radius 1 is 1.17 bits per heavy atom. The summed E-state index contributed by atoms with van der Waals surface area (Å²) in [6.07, 6.45) is 0. The molecule has 0 radical (unpaired) electrons. The first-order valence-electron chi connectivity index (χ1n) is 6.28. The Bertz CT molecular complexity index is 402. The van der Waals surface area contributed by atoms with Gasteiger partial charge in [0.25, 0.3) is 5.95 Å². The van der Waals surface area contributed by atoms with E-state index in [1.165, 1.54) is 0 Å². The van der Waals surface area contributed by atoms with Crippen molar-refractivity contribution < 1.29 is 9.26 Å². The molecule has 1 saturated heterocycles. The summed E-state index contributed by atoms with van der Waals surface area (Å²) in [6.45, 7) is 11.0. The van der Waals surface area contributed by atoms with Crippen molar-refractivity contribution in [3.05, 3.63) is 5.89 Å². The number of nitrogens with two attached hydrogens (primary N) is 1. The van der Waals surface area contributed by atoms with Gasteiger partial charge in [0, 0.05) is 18.6 Å². The number of hydrogen-bond donors (Lipinski definition) is 1. The van der Waals surface area contributed by atoms with Gasteiger partial charge in [-0.25, -0.2) is 0 Å². The fourth-order valence-corrected chi connectivity index (χ4v) is 1.64. The van der Waals surface area contributed by atoms with E-state index in [1.807, 2.05) is 27.7 Å². The Morgan fingerprint density at radius 3 is 2.33 bits per heavy atom.